The van der Waals surface area contributed by atoms with Gasteiger partial charge in [0.05, 0.1) is 17.3 Å². The molecule has 0 saturated heterocycles. The molecule has 0 bridgehead atoms. The maximum Gasteiger partial charge on any atom is 0.357 e. The number of pyridine rings is 2. The normalized spacial score (nSPS) is 10.9. The Bertz CT molecular complexity index is 942. The summed E-state index contributed by atoms with van der Waals surface area (Å²) in [6.07, 6.45) is 3.03. The Morgan fingerprint density at radius 2 is 2.24 bits per heavy atom. The number of hydrogen-bond acceptors (Lipinski definition) is 5. The summed E-state index contributed by atoms with van der Waals surface area (Å²) in [6.45, 7) is 3.56. The number of imidazole rings is 1. The highest BCUT2D eigenvalue weighted by atomic mass is 35.5. The van der Waals surface area contributed by atoms with Crippen LogP contribution in [-0.2, 0) is 11.3 Å². The first-order chi connectivity index (χ1) is 12.0. The quantitative estimate of drug-likeness (QED) is 0.648. The molecular formula is C17H15ClFN3O3. The van der Waals surface area contributed by atoms with Gasteiger partial charge in [-0.1, -0.05) is 11.6 Å². The second-order valence-electron chi connectivity index (χ2n) is 5.20. The fourth-order valence-electron chi connectivity index (χ4n) is 2.42. The number of hydrogen-bond donors (Lipinski definition) is 0. The summed E-state index contributed by atoms with van der Waals surface area (Å²) in [6, 6.07) is 4.36. The van der Waals surface area contributed by atoms with Gasteiger partial charge in [0, 0.05) is 18.5 Å². The minimum atomic E-state index is -0.503. The standard InChI is InChI=1S/C17H15ClFN3O3/c1-3-24-17(23)15-10(2)21-16-14(7-11(18)8-22(15)16)25-9-13-12(19)5-4-6-20-13/h4-8H,3,9H2,1-2H3. The zero-order valence-corrected chi connectivity index (χ0v) is 14.4. The fourth-order valence-corrected chi connectivity index (χ4v) is 2.61. The molecule has 0 aliphatic carbocycles. The van der Waals surface area contributed by atoms with Crippen LogP contribution in [0.2, 0.25) is 5.02 Å². The molecule has 25 heavy (non-hydrogen) atoms. The van der Waals surface area contributed by atoms with Crippen LogP contribution in [0.5, 0.6) is 5.75 Å². The summed E-state index contributed by atoms with van der Waals surface area (Å²) >= 11 is 6.13. The summed E-state index contributed by atoms with van der Waals surface area (Å²) < 4.78 is 25.9. The highest BCUT2D eigenvalue weighted by Crippen LogP contribution is 2.27. The molecule has 0 aromatic carbocycles. The molecular weight excluding hydrogens is 349 g/mol. The zero-order chi connectivity index (χ0) is 18.0. The number of ether oxygens (including phenoxy) is 2. The Morgan fingerprint density at radius 3 is 2.96 bits per heavy atom. The van der Waals surface area contributed by atoms with Gasteiger partial charge in [-0.2, -0.15) is 0 Å². The zero-order valence-electron chi connectivity index (χ0n) is 13.6. The summed E-state index contributed by atoms with van der Waals surface area (Å²) in [4.78, 5) is 20.5. The van der Waals surface area contributed by atoms with Gasteiger partial charge in [0.1, 0.15) is 18.1 Å². The van der Waals surface area contributed by atoms with Crippen LogP contribution in [0, 0.1) is 12.7 Å². The number of rotatable bonds is 5. The molecule has 0 aliphatic rings. The number of nitrogens with zero attached hydrogens (tertiary/aromatic N) is 3. The van der Waals surface area contributed by atoms with Crippen LogP contribution >= 0.6 is 11.6 Å². The molecule has 0 atom stereocenters. The van der Waals surface area contributed by atoms with Crippen LogP contribution in [0.3, 0.4) is 0 Å². The smallest absolute Gasteiger partial charge is 0.357 e. The van der Waals surface area contributed by atoms with E-state index in [9.17, 15) is 9.18 Å². The molecule has 3 heterocycles. The third kappa shape index (κ3) is 3.41. The van der Waals surface area contributed by atoms with Crippen LogP contribution in [0.1, 0.15) is 28.8 Å². The van der Waals surface area contributed by atoms with Gasteiger partial charge in [0.15, 0.2) is 17.1 Å². The number of aryl methyl sites for hydroxylation is 1. The van der Waals surface area contributed by atoms with Gasteiger partial charge in [-0.15, -0.1) is 0 Å². The molecule has 3 aromatic heterocycles. The lowest BCUT2D eigenvalue weighted by molar-refractivity contribution is 0.0517. The van der Waals surface area contributed by atoms with Crippen molar-refractivity contribution in [3.63, 3.8) is 0 Å². The number of aromatic nitrogens is 3. The lowest BCUT2D eigenvalue weighted by Gasteiger charge is -2.09. The van der Waals surface area contributed by atoms with Crippen molar-refractivity contribution in [2.75, 3.05) is 6.61 Å². The van der Waals surface area contributed by atoms with Crippen molar-refractivity contribution in [3.05, 3.63) is 58.5 Å². The van der Waals surface area contributed by atoms with E-state index in [0.29, 0.717) is 22.1 Å². The number of carbonyl (C=O) groups is 1. The van der Waals surface area contributed by atoms with Crippen molar-refractivity contribution in [1.29, 1.82) is 0 Å². The average molecular weight is 364 g/mol. The lowest BCUT2D eigenvalue weighted by atomic mass is 10.3. The van der Waals surface area contributed by atoms with Crippen LogP contribution in [0.15, 0.2) is 30.6 Å². The lowest BCUT2D eigenvalue weighted by Crippen LogP contribution is -2.10. The van der Waals surface area contributed by atoms with Gasteiger partial charge in [-0.3, -0.25) is 9.38 Å². The van der Waals surface area contributed by atoms with Crippen LogP contribution < -0.4 is 4.74 Å². The Hall–Kier alpha value is -2.67. The first-order valence-electron chi connectivity index (χ1n) is 7.58. The molecule has 0 radical (unpaired) electrons. The minimum Gasteiger partial charge on any atom is -0.483 e. The van der Waals surface area contributed by atoms with E-state index in [-0.39, 0.29) is 24.6 Å². The third-order valence-electron chi connectivity index (χ3n) is 3.50. The number of esters is 1. The van der Waals surface area contributed by atoms with Gasteiger partial charge in [0.25, 0.3) is 0 Å². The number of halogens is 2. The van der Waals surface area contributed by atoms with Crippen molar-refractivity contribution in [3.8, 4) is 5.75 Å². The largest absolute Gasteiger partial charge is 0.483 e. The van der Waals surface area contributed by atoms with Gasteiger partial charge in [-0.05, 0) is 26.0 Å². The van der Waals surface area contributed by atoms with E-state index in [1.165, 1.54) is 22.7 Å². The first-order valence-corrected chi connectivity index (χ1v) is 7.96. The topological polar surface area (TPSA) is 65.7 Å². The number of carbonyl (C=O) groups excluding carboxylic acids is 1. The van der Waals surface area contributed by atoms with Gasteiger partial charge >= 0.3 is 5.97 Å². The number of fused-ring (bicyclic) bond motifs is 1. The molecule has 130 valence electrons. The van der Waals surface area contributed by atoms with E-state index < -0.39 is 11.8 Å². The van der Waals surface area contributed by atoms with Crippen LogP contribution in [-0.4, -0.2) is 26.9 Å². The molecule has 8 heteroatoms. The Balaban J connectivity index is 2.00. The van der Waals surface area contributed by atoms with E-state index in [1.807, 2.05) is 0 Å². The monoisotopic (exact) mass is 363 g/mol. The molecule has 0 fully saturated rings. The summed E-state index contributed by atoms with van der Waals surface area (Å²) in [5.41, 5.74) is 1.30. The SMILES string of the molecule is CCOC(=O)c1c(C)nc2c(OCc3ncccc3F)cc(Cl)cn12. The molecule has 0 saturated carbocycles. The van der Waals surface area contributed by atoms with E-state index >= 15 is 0 Å². The molecule has 0 amide bonds. The third-order valence-corrected chi connectivity index (χ3v) is 3.70. The molecule has 3 aromatic rings. The van der Waals surface area contributed by atoms with E-state index in [2.05, 4.69) is 9.97 Å². The minimum absolute atomic E-state index is 0.0939. The molecule has 0 unspecified atom stereocenters. The summed E-state index contributed by atoms with van der Waals surface area (Å²) in [5.74, 6) is -0.653. The van der Waals surface area contributed by atoms with E-state index in [1.54, 1.807) is 26.1 Å². The summed E-state index contributed by atoms with van der Waals surface area (Å²) in [5, 5.41) is 0.340. The average Bonchev–Trinajstić information content (AvgIpc) is 2.90. The molecule has 3 rings (SSSR count). The predicted molar refractivity (Wildman–Crippen MR) is 89.4 cm³/mol. The van der Waals surface area contributed by atoms with Crippen molar-refractivity contribution in [2.45, 2.75) is 20.5 Å². The maximum atomic E-state index is 13.7. The predicted octanol–water partition coefficient (Wildman–Crippen LogP) is 3.59. The van der Waals surface area contributed by atoms with E-state index in [4.69, 9.17) is 21.1 Å². The molecule has 6 nitrogen and oxygen atoms in total. The van der Waals surface area contributed by atoms with E-state index in [0.717, 1.165) is 0 Å². The highest BCUT2D eigenvalue weighted by Gasteiger charge is 2.21. The highest BCUT2D eigenvalue weighted by molar-refractivity contribution is 6.30. The molecule has 0 aliphatic heterocycles. The van der Waals surface area contributed by atoms with Crippen molar-refractivity contribution >= 4 is 23.2 Å². The van der Waals surface area contributed by atoms with Gasteiger partial charge in [-0.25, -0.2) is 14.2 Å². The van der Waals surface area contributed by atoms with Crippen molar-refractivity contribution < 1.29 is 18.7 Å². The van der Waals surface area contributed by atoms with Crippen LogP contribution in [0.4, 0.5) is 4.39 Å². The van der Waals surface area contributed by atoms with Crippen molar-refractivity contribution in [2.24, 2.45) is 0 Å². The Kier molecular flexibility index (Phi) is 4.85. The maximum absolute atomic E-state index is 13.7. The van der Waals surface area contributed by atoms with Gasteiger partial charge in [0.2, 0.25) is 0 Å². The molecule has 0 N–H and O–H groups in total. The van der Waals surface area contributed by atoms with Crippen LogP contribution in [0.25, 0.3) is 5.65 Å². The van der Waals surface area contributed by atoms with Gasteiger partial charge < -0.3 is 9.47 Å². The first kappa shape index (κ1) is 17.2. The second-order valence-corrected chi connectivity index (χ2v) is 5.64. The Labute approximate surface area is 148 Å². The molecule has 0 spiro atoms. The second kappa shape index (κ2) is 7.06. The fraction of sp³-hybridized carbons (Fsp3) is 0.235. The van der Waals surface area contributed by atoms with Crippen molar-refractivity contribution in [1.82, 2.24) is 14.4 Å². The Morgan fingerprint density at radius 1 is 1.44 bits per heavy atom. The summed E-state index contributed by atoms with van der Waals surface area (Å²) in [7, 11) is 0.